The van der Waals surface area contributed by atoms with Crippen LogP contribution in [-0.2, 0) is 12.8 Å². The molecule has 1 aromatic heterocycles. The summed E-state index contributed by atoms with van der Waals surface area (Å²) in [5.74, 6) is 1.08. The largest absolute Gasteiger partial charge is 0.493 e. The molecular weight excluding hydrogens is 324 g/mol. The second-order valence-electron chi connectivity index (χ2n) is 4.60. The molecule has 1 N–H and O–H groups in total. The molecule has 0 saturated heterocycles. The molecule has 1 aliphatic rings. The maximum Gasteiger partial charge on any atom is 0.125 e. The predicted molar refractivity (Wildman–Crippen MR) is 81.0 cm³/mol. The van der Waals surface area contributed by atoms with Crippen LogP contribution in [0.2, 0.25) is 0 Å². The van der Waals surface area contributed by atoms with E-state index in [1.54, 1.807) is 11.3 Å². The second kappa shape index (κ2) is 5.61. The van der Waals surface area contributed by atoms with E-state index in [0.29, 0.717) is 0 Å². The quantitative estimate of drug-likeness (QED) is 0.928. The van der Waals surface area contributed by atoms with Crippen molar-refractivity contribution < 1.29 is 4.74 Å². The van der Waals surface area contributed by atoms with Gasteiger partial charge in [-0.2, -0.15) is 0 Å². The van der Waals surface area contributed by atoms with Crippen molar-refractivity contribution in [3.63, 3.8) is 0 Å². The molecule has 0 bridgehead atoms. The van der Waals surface area contributed by atoms with Gasteiger partial charge < -0.3 is 10.1 Å². The second-order valence-corrected chi connectivity index (χ2v) is 6.43. The molecule has 0 aliphatic carbocycles. The Morgan fingerprint density at radius 3 is 3.16 bits per heavy atom. The van der Waals surface area contributed by atoms with E-state index in [2.05, 4.69) is 38.4 Å². The van der Waals surface area contributed by atoms with Gasteiger partial charge in [0.05, 0.1) is 12.1 Å². The number of nitrogens with one attached hydrogen (secondary N) is 1. The lowest BCUT2D eigenvalue weighted by Crippen LogP contribution is -2.18. The van der Waals surface area contributed by atoms with Crippen molar-refractivity contribution in [3.8, 4) is 5.75 Å². The molecule has 1 aliphatic heterocycles. The standard InChI is InChI=1S/C14H15BrN2OS/c1-16-12(13-7-17-8-19-13)6-10-5-11(15)4-9-2-3-18-14(9)10/h4-5,7-8,12,16H,2-3,6H2,1H3. The molecule has 3 nitrogen and oxygen atoms in total. The Morgan fingerprint density at radius 2 is 2.42 bits per heavy atom. The van der Waals surface area contributed by atoms with Gasteiger partial charge in [-0.1, -0.05) is 15.9 Å². The summed E-state index contributed by atoms with van der Waals surface area (Å²) in [7, 11) is 1.99. The molecule has 3 rings (SSSR count). The molecule has 0 spiro atoms. The highest BCUT2D eigenvalue weighted by molar-refractivity contribution is 9.10. The highest BCUT2D eigenvalue weighted by Crippen LogP contribution is 2.35. The first-order chi connectivity index (χ1) is 9.28. The Hall–Kier alpha value is -0.910. The molecule has 1 aromatic carbocycles. The van der Waals surface area contributed by atoms with Crippen LogP contribution in [0.15, 0.2) is 28.3 Å². The Balaban J connectivity index is 1.90. The Kier molecular flexibility index (Phi) is 3.86. The van der Waals surface area contributed by atoms with Crippen LogP contribution in [-0.4, -0.2) is 18.6 Å². The number of rotatable bonds is 4. The topological polar surface area (TPSA) is 34.1 Å². The summed E-state index contributed by atoms with van der Waals surface area (Å²) >= 11 is 5.28. The van der Waals surface area contributed by atoms with Crippen molar-refractivity contribution in [2.75, 3.05) is 13.7 Å². The number of likely N-dealkylation sites (N-methyl/N-ethyl adjacent to an activating group) is 1. The fourth-order valence-corrected chi connectivity index (χ4v) is 3.74. The summed E-state index contributed by atoms with van der Waals surface area (Å²) in [6.07, 6.45) is 3.86. The summed E-state index contributed by atoms with van der Waals surface area (Å²) in [6, 6.07) is 4.61. The van der Waals surface area contributed by atoms with E-state index >= 15 is 0 Å². The normalized spacial score (nSPS) is 15.1. The summed E-state index contributed by atoms with van der Waals surface area (Å²) in [4.78, 5) is 5.42. The van der Waals surface area contributed by atoms with Crippen molar-refractivity contribution in [1.29, 1.82) is 0 Å². The Bertz CT molecular complexity index is 571. The van der Waals surface area contributed by atoms with Crippen LogP contribution in [0.3, 0.4) is 0 Å². The zero-order chi connectivity index (χ0) is 13.2. The van der Waals surface area contributed by atoms with Crippen LogP contribution < -0.4 is 10.1 Å². The molecule has 0 fully saturated rings. The van der Waals surface area contributed by atoms with Gasteiger partial charge in [0, 0.05) is 28.0 Å². The number of aromatic nitrogens is 1. The van der Waals surface area contributed by atoms with E-state index < -0.39 is 0 Å². The van der Waals surface area contributed by atoms with Crippen LogP contribution in [0.5, 0.6) is 5.75 Å². The number of halogens is 1. The molecule has 0 saturated carbocycles. The van der Waals surface area contributed by atoms with Crippen molar-refractivity contribution in [2.24, 2.45) is 0 Å². The maximum absolute atomic E-state index is 5.79. The molecule has 0 amide bonds. The fraction of sp³-hybridized carbons (Fsp3) is 0.357. The average molecular weight is 339 g/mol. The van der Waals surface area contributed by atoms with Crippen LogP contribution >= 0.6 is 27.3 Å². The number of fused-ring (bicyclic) bond motifs is 1. The number of thiazole rings is 1. The molecule has 100 valence electrons. The molecule has 5 heteroatoms. The van der Waals surface area contributed by atoms with E-state index in [-0.39, 0.29) is 6.04 Å². The molecule has 2 heterocycles. The van der Waals surface area contributed by atoms with E-state index in [1.165, 1.54) is 16.0 Å². The fourth-order valence-electron chi connectivity index (χ4n) is 2.46. The SMILES string of the molecule is CNC(Cc1cc(Br)cc2c1OCC2)c1cncs1. The summed E-state index contributed by atoms with van der Waals surface area (Å²) in [5, 5.41) is 3.36. The molecule has 1 atom stereocenters. The van der Waals surface area contributed by atoms with E-state index in [9.17, 15) is 0 Å². The lowest BCUT2D eigenvalue weighted by Gasteiger charge is -2.16. The lowest BCUT2D eigenvalue weighted by atomic mass is 10.0. The van der Waals surface area contributed by atoms with Gasteiger partial charge in [-0.05, 0) is 36.7 Å². The first-order valence-corrected chi connectivity index (χ1v) is 7.95. The van der Waals surface area contributed by atoms with Crippen molar-refractivity contribution in [3.05, 3.63) is 44.3 Å². The van der Waals surface area contributed by atoms with Crippen LogP contribution in [0, 0.1) is 0 Å². The van der Waals surface area contributed by atoms with Crippen molar-refractivity contribution in [2.45, 2.75) is 18.9 Å². The van der Waals surface area contributed by atoms with E-state index in [0.717, 1.165) is 29.7 Å². The minimum Gasteiger partial charge on any atom is -0.493 e. The summed E-state index contributed by atoms with van der Waals surface area (Å²) in [5.41, 5.74) is 4.44. The van der Waals surface area contributed by atoms with Gasteiger partial charge >= 0.3 is 0 Å². The highest BCUT2D eigenvalue weighted by atomic mass is 79.9. The van der Waals surface area contributed by atoms with E-state index in [4.69, 9.17) is 4.74 Å². The number of hydrogen-bond acceptors (Lipinski definition) is 4. The minimum absolute atomic E-state index is 0.287. The van der Waals surface area contributed by atoms with Crippen LogP contribution in [0.1, 0.15) is 22.0 Å². The van der Waals surface area contributed by atoms with E-state index in [1.807, 2.05) is 18.8 Å². The predicted octanol–water partition coefficient (Wildman–Crippen LogP) is 3.34. The Morgan fingerprint density at radius 1 is 1.53 bits per heavy atom. The van der Waals surface area contributed by atoms with Gasteiger partial charge in [-0.15, -0.1) is 11.3 Å². The molecular formula is C14H15BrN2OS. The van der Waals surface area contributed by atoms with Crippen LogP contribution in [0.25, 0.3) is 0 Å². The Labute approximate surface area is 125 Å². The van der Waals surface area contributed by atoms with Gasteiger partial charge in [-0.3, -0.25) is 4.98 Å². The molecule has 19 heavy (non-hydrogen) atoms. The molecule has 1 unspecified atom stereocenters. The molecule has 2 aromatic rings. The first-order valence-electron chi connectivity index (χ1n) is 6.27. The zero-order valence-corrected chi connectivity index (χ0v) is 13.1. The van der Waals surface area contributed by atoms with Crippen molar-refractivity contribution in [1.82, 2.24) is 10.3 Å². The number of ether oxygens (including phenoxy) is 1. The first kappa shape index (κ1) is 13.1. The third kappa shape index (κ3) is 2.68. The third-order valence-corrected chi connectivity index (χ3v) is 4.74. The number of nitrogens with zero attached hydrogens (tertiary/aromatic N) is 1. The average Bonchev–Trinajstić information content (AvgIpc) is 3.05. The van der Waals surface area contributed by atoms with Gasteiger partial charge in [-0.25, -0.2) is 0 Å². The zero-order valence-electron chi connectivity index (χ0n) is 10.6. The van der Waals surface area contributed by atoms with Gasteiger partial charge in [0.25, 0.3) is 0 Å². The monoisotopic (exact) mass is 338 g/mol. The smallest absolute Gasteiger partial charge is 0.125 e. The summed E-state index contributed by atoms with van der Waals surface area (Å²) < 4.78 is 6.92. The third-order valence-electron chi connectivity index (χ3n) is 3.39. The molecule has 0 radical (unpaired) electrons. The van der Waals surface area contributed by atoms with Crippen LogP contribution in [0.4, 0.5) is 0 Å². The summed E-state index contributed by atoms with van der Waals surface area (Å²) in [6.45, 7) is 0.795. The number of benzene rings is 1. The van der Waals surface area contributed by atoms with Gasteiger partial charge in [0.15, 0.2) is 0 Å². The maximum atomic E-state index is 5.79. The van der Waals surface area contributed by atoms with Crippen molar-refractivity contribution >= 4 is 27.3 Å². The number of hydrogen-bond donors (Lipinski definition) is 1. The highest BCUT2D eigenvalue weighted by Gasteiger charge is 2.20. The van der Waals surface area contributed by atoms with Gasteiger partial charge in [0.2, 0.25) is 0 Å². The van der Waals surface area contributed by atoms with Gasteiger partial charge in [0.1, 0.15) is 5.75 Å². The minimum atomic E-state index is 0.287. The lowest BCUT2D eigenvalue weighted by molar-refractivity contribution is 0.352.